The minimum atomic E-state index is 0.885. The second kappa shape index (κ2) is 3.89. The third kappa shape index (κ3) is 1.47. The van der Waals surface area contributed by atoms with Gasteiger partial charge < -0.3 is 8.83 Å². The van der Waals surface area contributed by atoms with Crippen molar-refractivity contribution >= 4 is 59.8 Å². The molecule has 0 aliphatic heterocycles. The summed E-state index contributed by atoms with van der Waals surface area (Å²) in [4.78, 5) is 0. The van der Waals surface area contributed by atoms with E-state index in [1.54, 1.807) is 0 Å². The Morgan fingerprint density at radius 1 is 0.619 bits per heavy atom. The van der Waals surface area contributed by atoms with Crippen molar-refractivity contribution in [3.05, 3.63) is 59.1 Å². The van der Waals surface area contributed by atoms with E-state index in [0.29, 0.717) is 0 Å². The number of benzene rings is 3. The summed E-state index contributed by atoms with van der Waals surface area (Å²) in [5.41, 5.74) is 3.57. The molecule has 0 aliphatic rings. The molecule has 5 aromatic rings. The molecule has 21 heavy (non-hydrogen) atoms. The molecule has 3 aromatic carbocycles. The van der Waals surface area contributed by atoms with Gasteiger partial charge in [-0.15, -0.1) is 0 Å². The molecule has 0 atom stereocenters. The van der Waals surface area contributed by atoms with Crippen molar-refractivity contribution in [1.29, 1.82) is 0 Å². The molecular weight excluding hydrogens is 328 g/mol. The van der Waals surface area contributed by atoms with Gasteiger partial charge in [0, 0.05) is 26.0 Å². The maximum absolute atomic E-state index is 5.99. The smallest absolute Gasteiger partial charge is 0.136 e. The first kappa shape index (κ1) is 11.4. The van der Waals surface area contributed by atoms with Crippen LogP contribution in [0, 0.1) is 0 Å². The molecule has 0 bridgehead atoms. The summed E-state index contributed by atoms with van der Waals surface area (Å²) in [5, 5.41) is 4.38. The van der Waals surface area contributed by atoms with Crippen LogP contribution in [0.2, 0.25) is 0 Å². The number of fused-ring (bicyclic) bond motifs is 6. The zero-order valence-corrected chi connectivity index (χ0v) is 12.5. The predicted molar refractivity (Wildman–Crippen MR) is 88.7 cm³/mol. The third-order valence-corrected chi connectivity index (χ3v) is 4.60. The van der Waals surface area contributed by atoms with E-state index < -0.39 is 0 Å². The molecule has 0 saturated carbocycles. The second-order valence-corrected chi connectivity index (χ2v) is 6.01. The Balaban J connectivity index is 2.05. The number of hydrogen-bond acceptors (Lipinski definition) is 2. The molecule has 2 aromatic heterocycles. The summed E-state index contributed by atoms with van der Waals surface area (Å²) in [6.07, 6.45) is 0. The summed E-state index contributed by atoms with van der Waals surface area (Å²) in [5.74, 6) is 0. The molecule has 0 unspecified atom stereocenters. The average Bonchev–Trinajstić information content (AvgIpc) is 3.03. The fourth-order valence-electron chi connectivity index (χ4n) is 3.00. The number of para-hydroxylation sites is 1. The van der Waals surface area contributed by atoms with Crippen LogP contribution < -0.4 is 0 Å². The van der Waals surface area contributed by atoms with E-state index in [2.05, 4.69) is 34.1 Å². The standard InChI is InChI=1S/C18H9BrO2/c19-13-5-3-7-15-18(13)12-9-16-11(8-17(12)21-15)10-4-1-2-6-14(10)20-16/h1-9H. The zero-order chi connectivity index (χ0) is 14.0. The Bertz CT molecular complexity index is 1150. The largest absolute Gasteiger partial charge is 0.456 e. The summed E-state index contributed by atoms with van der Waals surface area (Å²) in [6.45, 7) is 0. The topological polar surface area (TPSA) is 26.3 Å². The molecule has 0 fully saturated rings. The molecule has 0 N–H and O–H groups in total. The first-order valence-corrected chi connectivity index (χ1v) is 7.52. The van der Waals surface area contributed by atoms with Gasteiger partial charge in [-0.25, -0.2) is 0 Å². The molecule has 0 spiro atoms. The maximum Gasteiger partial charge on any atom is 0.136 e. The molecular formula is C18H9BrO2. The van der Waals surface area contributed by atoms with E-state index in [-0.39, 0.29) is 0 Å². The molecule has 5 rings (SSSR count). The molecule has 0 radical (unpaired) electrons. The Morgan fingerprint density at radius 3 is 2.29 bits per heavy atom. The van der Waals surface area contributed by atoms with E-state index in [9.17, 15) is 0 Å². The van der Waals surface area contributed by atoms with Gasteiger partial charge in [0.25, 0.3) is 0 Å². The minimum absolute atomic E-state index is 0.885. The highest BCUT2D eigenvalue weighted by Gasteiger charge is 2.14. The van der Waals surface area contributed by atoms with Gasteiger partial charge in [-0.05, 0) is 30.3 Å². The van der Waals surface area contributed by atoms with E-state index in [4.69, 9.17) is 8.83 Å². The van der Waals surface area contributed by atoms with Gasteiger partial charge in [0.1, 0.15) is 22.3 Å². The fourth-order valence-corrected chi connectivity index (χ4v) is 3.56. The van der Waals surface area contributed by atoms with E-state index in [1.807, 2.05) is 36.4 Å². The van der Waals surface area contributed by atoms with Gasteiger partial charge >= 0.3 is 0 Å². The maximum atomic E-state index is 5.99. The van der Waals surface area contributed by atoms with Crippen LogP contribution in [0.1, 0.15) is 0 Å². The molecule has 2 heterocycles. The molecule has 2 nitrogen and oxygen atoms in total. The number of halogens is 1. The van der Waals surface area contributed by atoms with Crippen molar-refractivity contribution in [3.63, 3.8) is 0 Å². The Morgan fingerprint density at radius 2 is 1.33 bits per heavy atom. The first-order valence-electron chi connectivity index (χ1n) is 6.73. The molecule has 3 heteroatoms. The Labute approximate surface area is 128 Å². The van der Waals surface area contributed by atoms with Gasteiger partial charge in [-0.1, -0.05) is 40.2 Å². The van der Waals surface area contributed by atoms with Crippen LogP contribution in [0.5, 0.6) is 0 Å². The highest BCUT2D eigenvalue weighted by molar-refractivity contribution is 9.10. The third-order valence-electron chi connectivity index (χ3n) is 3.94. The minimum Gasteiger partial charge on any atom is -0.456 e. The van der Waals surface area contributed by atoms with Crippen molar-refractivity contribution in [1.82, 2.24) is 0 Å². The van der Waals surface area contributed by atoms with E-state index in [0.717, 1.165) is 48.3 Å². The van der Waals surface area contributed by atoms with Gasteiger partial charge in [0.05, 0.1) is 0 Å². The lowest BCUT2D eigenvalue weighted by molar-refractivity contribution is 0.664. The number of hydrogen-bond donors (Lipinski definition) is 0. The lowest BCUT2D eigenvalue weighted by Crippen LogP contribution is -1.70. The van der Waals surface area contributed by atoms with Crippen molar-refractivity contribution < 1.29 is 8.83 Å². The predicted octanol–water partition coefficient (Wildman–Crippen LogP) is 6.25. The fraction of sp³-hybridized carbons (Fsp3) is 0. The van der Waals surface area contributed by atoms with Crippen molar-refractivity contribution in [2.45, 2.75) is 0 Å². The van der Waals surface area contributed by atoms with Gasteiger partial charge in [0.15, 0.2) is 0 Å². The second-order valence-electron chi connectivity index (χ2n) is 5.16. The van der Waals surface area contributed by atoms with Crippen LogP contribution in [-0.2, 0) is 0 Å². The van der Waals surface area contributed by atoms with Crippen molar-refractivity contribution in [3.8, 4) is 0 Å². The summed E-state index contributed by atoms with van der Waals surface area (Å²) < 4.78 is 13.0. The van der Waals surface area contributed by atoms with Crippen LogP contribution in [0.3, 0.4) is 0 Å². The number of rotatable bonds is 0. The van der Waals surface area contributed by atoms with Crippen molar-refractivity contribution in [2.75, 3.05) is 0 Å². The summed E-state index contributed by atoms with van der Waals surface area (Å²) in [7, 11) is 0. The molecule has 0 saturated heterocycles. The van der Waals surface area contributed by atoms with Crippen molar-refractivity contribution in [2.24, 2.45) is 0 Å². The van der Waals surface area contributed by atoms with Gasteiger partial charge in [-0.2, -0.15) is 0 Å². The van der Waals surface area contributed by atoms with Crippen LogP contribution in [0.15, 0.2) is 67.9 Å². The SMILES string of the molecule is Brc1cccc2oc3cc4c(cc3c12)oc1ccccc14. The summed E-state index contributed by atoms with van der Waals surface area (Å²) in [6, 6.07) is 18.2. The van der Waals surface area contributed by atoms with E-state index >= 15 is 0 Å². The quantitative estimate of drug-likeness (QED) is 0.334. The zero-order valence-electron chi connectivity index (χ0n) is 10.9. The molecule has 0 amide bonds. The lowest BCUT2D eigenvalue weighted by Gasteiger charge is -1.93. The van der Waals surface area contributed by atoms with Crippen LogP contribution >= 0.6 is 15.9 Å². The molecule has 0 aliphatic carbocycles. The van der Waals surface area contributed by atoms with Crippen LogP contribution in [-0.4, -0.2) is 0 Å². The highest BCUT2D eigenvalue weighted by atomic mass is 79.9. The highest BCUT2D eigenvalue weighted by Crippen LogP contribution is 2.38. The monoisotopic (exact) mass is 336 g/mol. The summed E-state index contributed by atoms with van der Waals surface area (Å²) >= 11 is 3.61. The Hall–Kier alpha value is -2.26. The van der Waals surface area contributed by atoms with E-state index in [1.165, 1.54) is 0 Å². The van der Waals surface area contributed by atoms with Crippen LogP contribution in [0.25, 0.3) is 43.9 Å². The lowest BCUT2D eigenvalue weighted by atomic mass is 10.1. The number of furan rings is 2. The van der Waals surface area contributed by atoms with Crippen LogP contribution in [0.4, 0.5) is 0 Å². The van der Waals surface area contributed by atoms with Gasteiger partial charge in [-0.3, -0.25) is 0 Å². The average molecular weight is 337 g/mol. The van der Waals surface area contributed by atoms with Gasteiger partial charge in [0.2, 0.25) is 0 Å². The Kier molecular flexibility index (Phi) is 2.11. The first-order chi connectivity index (χ1) is 10.3. The normalized spacial score (nSPS) is 12.0. The molecule has 100 valence electrons.